The molecule has 22 heavy (non-hydrogen) atoms. The second-order valence-electron chi connectivity index (χ2n) is 4.99. The quantitative estimate of drug-likeness (QED) is 0.846. The van der Waals surface area contributed by atoms with Gasteiger partial charge in [-0.15, -0.1) is 11.3 Å². The molecule has 0 saturated heterocycles. The fraction of sp³-hybridized carbons (Fsp3) is 0.250. The summed E-state index contributed by atoms with van der Waals surface area (Å²) in [6, 6.07) is 10.7. The van der Waals surface area contributed by atoms with Crippen molar-refractivity contribution in [1.82, 2.24) is 5.32 Å². The number of amides is 1. The average Bonchev–Trinajstić information content (AvgIpc) is 2.96. The Hall–Kier alpha value is -1.85. The van der Waals surface area contributed by atoms with E-state index in [1.165, 1.54) is 11.3 Å². The molecule has 0 fully saturated rings. The normalized spacial score (nSPS) is 11.9. The van der Waals surface area contributed by atoms with Gasteiger partial charge in [0.1, 0.15) is 4.88 Å². The predicted molar refractivity (Wildman–Crippen MR) is 87.4 cm³/mol. The first kappa shape index (κ1) is 16.5. The van der Waals surface area contributed by atoms with Crippen LogP contribution in [-0.2, 0) is 17.8 Å². The van der Waals surface area contributed by atoms with Gasteiger partial charge in [0.15, 0.2) is 0 Å². The van der Waals surface area contributed by atoms with Crippen molar-refractivity contribution in [3.8, 4) is 0 Å². The lowest BCUT2D eigenvalue weighted by molar-refractivity contribution is -0.124. The van der Waals surface area contributed by atoms with E-state index in [-0.39, 0.29) is 16.7 Å². The number of aromatic carboxylic acids is 1. The monoisotopic (exact) mass is 337 g/mol. The van der Waals surface area contributed by atoms with Gasteiger partial charge in [-0.2, -0.15) is 0 Å². The highest BCUT2D eigenvalue weighted by Gasteiger charge is 2.15. The zero-order valence-corrected chi connectivity index (χ0v) is 13.6. The van der Waals surface area contributed by atoms with Crippen molar-refractivity contribution in [2.24, 2.45) is 5.92 Å². The first-order valence-electron chi connectivity index (χ1n) is 6.80. The Bertz CT molecular complexity index is 684. The minimum absolute atomic E-state index is 0.0785. The first-order chi connectivity index (χ1) is 10.5. The molecule has 1 aromatic carbocycles. The summed E-state index contributed by atoms with van der Waals surface area (Å²) in [6.45, 7) is 2.18. The molecule has 0 spiro atoms. The van der Waals surface area contributed by atoms with E-state index in [1.54, 1.807) is 18.2 Å². The Labute approximate surface area is 137 Å². The first-order valence-corrected chi connectivity index (χ1v) is 8.00. The molecule has 0 aliphatic carbocycles. The number of hydrogen-bond acceptors (Lipinski definition) is 3. The number of nitrogens with one attached hydrogen (secondary N) is 1. The fourth-order valence-electron chi connectivity index (χ4n) is 2.02. The summed E-state index contributed by atoms with van der Waals surface area (Å²) in [5.41, 5.74) is 0.941. The lowest BCUT2D eigenvalue weighted by Gasteiger charge is -2.12. The van der Waals surface area contributed by atoms with E-state index < -0.39 is 5.97 Å². The summed E-state index contributed by atoms with van der Waals surface area (Å²) in [7, 11) is 0. The molecule has 1 amide bonds. The van der Waals surface area contributed by atoms with Crippen molar-refractivity contribution in [3.05, 3.63) is 56.7 Å². The molecule has 2 aromatic rings. The number of carbonyl (C=O) groups is 2. The van der Waals surface area contributed by atoms with Crippen molar-refractivity contribution < 1.29 is 14.7 Å². The summed E-state index contributed by atoms with van der Waals surface area (Å²) in [5, 5.41) is 12.3. The average molecular weight is 338 g/mol. The van der Waals surface area contributed by atoms with E-state index in [9.17, 15) is 9.59 Å². The third-order valence-corrected chi connectivity index (χ3v) is 4.68. The number of halogens is 1. The topological polar surface area (TPSA) is 66.4 Å². The second-order valence-corrected chi connectivity index (χ2v) is 6.56. The maximum Gasteiger partial charge on any atom is 0.345 e. The van der Waals surface area contributed by atoms with Crippen LogP contribution in [0.1, 0.15) is 27.0 Å². The van der Waals surface area contributed by atoms with Crippen LogP contribution in [0.15, 0.2) is 36.4 Å². The van der Waals surface area contributed by atoms with Crippen LogP contribution in [0.2, 0.25) is 5.02 Å². The van der Waals surface area contributed by atoms with Crippen LogP contribution < -0.4 is 5.32 Å². The predicted octanol–water partition coefficient (Wildman–Crippen LogP) is 3.59. The van der Waals surface area contributed by atoms with Gasteiger partial charge in [0.25, 0.3) is 0 Å². The van der Waals surface area contributed by atoms with Crippen molar-refractivity contribution in [2.45, 2.75) is 19.9 Å². The molecule has 0 saturated carbocycles. The molecule has 2 rings (SSSR count). The van der Waals surface area contributed by atoms with Crippen LogP contribution in [0.3, 0.4) is 0 Å². The minimum Gasteiger partial charge on any atom is -0.477 e. The lowest BCUT2D eigenvalue weighted by Crippen LogP contribution is -2.29. The van der Waals surface area contributed by atoms with E-state index in [2.05, 4.69) is 5.32 Å². The van der Waals surface area contributed by atoms with Crippen molar-refractivity contribution >= 4 is 34.8 Å². The van der Waals surface area contributed by atoms with Gasteiger partial charge in [0.05, 0.1) is 6.54 Å². The van der Waals surface area contributed by atoms with E-state index in [0.717, 1.165) is 10.4 Å². The number of carboxylic acids is 1. The number of rotatable bonds is 6. The van der Waals surface area contributed by atoms with Crippen LogP contribution >= 0.6 is 22.9 Å². The molecule has 1 unspecified atom stereocenters. The number of benzene rings is 1. The van der Waals surface area contributed by atoms with Crippen molar-refractivity contribution in [3.63, 3.8) is 0 Å². The molecule has 2 N–H and O–H groups in total. The Morgan fingerprint density at radius 1 is 1.27 bits per heavy atom. The van der Waals surface area contributed by atoms with Crippen molar-refractivity contribution in [2.75, 3.05) is 0 Å². The SMILES string of the molecule is CC(Cc1ccccc1Cl)C(=O)NCc1ccc(C(=O)O)s1. The van der Waals surface area contributed by atoms with Gasteiger partial charge in [0, 0.05) is 15.8 Å². The Kier molecular flexibility index (Phi) is 5.57. The van der Waals surface area contributed by atoms with Gasteiger partial charge in [0.2, 0.25) is 5.91 Å². The number of thiophene rings is 1. The molecule has 116 valence electrons. The molecule has 1 aromatic heterocycles. The number of hydrogen-bond donors (Lipinski definition) is 2. The van der Waals surface area contributed by atoms with Gasteiger partial charge >= 0.3 is 5.97 Å². The molecule has 0 radical (unpaired) electrons. The van der Waals surface area contributed by atoms with Crippen LogP contribution in [0, 0.1) is 5.92 Å². The maximum atomic E-state index is 12.1. The third kappa shape index (κ3) is 4.32. The van der Waals surface area contributed by atoms with Crippen LogP contribution in [-0.4, -0.2) is 17.0 Å². The smallest absolute Gasteiger partial charge is 0.345 e. The lowest BCUT2D eigenvalue weighted by atomic mass is 10.0. The summed E-state index contributed by atoms with van der Waals surface area (Å²) < 4.78 is 0. The Morgan fingerprint density at radius 2 is 2.00 bits per heavy atom. The third-order valence-electron chi connectivity index (χ3n) is 3.24. The molecule has 6 heteroatoms. The van der Waals surface area contributed by atoms with Gasteiger partial charge in [-0.1, -0.05) is 36.7 Å². The highest BCUT2D eigenvalue weighted by Crippen LogP contribution is 2.19. The summed E-state index contributed by atoms with van der Waals surface area (Å²) in [6.07, 6.45) is 0.566. The van der Waals surface area contributed by atoms with E-state index in [1.807, 2.05) is 25.1 Å². The molecule has 1 atom stereocenters. The number of carbonyl (C=O) groups excluding carboxylic acids is 1. The summed E-state index contributed by atoms with van der Waals surface area (Å²) in [4.78, 5) is 24.0. The highest BCUT2D eigenvalue weighted by molar-refractivity contribution is 7.13. The molecule has 1 heterocycles. The molecule has 0 aliphatic rings. The standard InChI is InChI=1S/C16H16ClNO3S/c1-10(8-11-4-2-3-5-13(11)17)15(19)18-9-12-6-7-14(22-12)16(20)21/h2-7,10H,8-9H2,1H3,(H,18,19)(H,20,21). The fourth-order valence-corrected chi connectivity index (χ4v) is 3.02. The van der Waals surface area contributed by atoms with Gasteiger partial charge in [-0.05, 0) is 30.2 Å². The molecule has 0 aliphatic heterocycles. The molecule has 4 nitrogen and oxygen atoms in total. The zero-order chi connectivity index (χ0) is 16.1. The van der Waals surface area contributed by atoms with Gasteiger partial charge < -0.3 is 10.4 Å². The molecular weight excluding hydrogens is 322 g/mol. The largest absolute Gasteiger partial charge is 0.477 e. The molecular formula is C16H16ClNO3S. The number of carboxylic acid groups (broad SMARTS) is 1. The minimum atomic E-state index is -0.949. The second kappa shape index (κ2) is 7.42. The van der Waals surface area contributed by atoms with E-state index in [0.29, 0.717) is 18.0 Å². The highest BCUT2D eigenvalue weighted by atomic mass is 35.5. The maximum absolute atomic E-state index is 12.1. The van der Waals surface area contributed by atoms with Crippen LogP contribution in [0.5, 0.6) is 0 Å². The van der Waals surface area contributed by atoms with Crippen molar-refractivity contribution in [1.29, 1.82) is 0 Å². The van der Waals surface area contributed by atoms with E-state index in [4.69, 9.17) is 16.7 Å². The summed E-state index contributed by atoms with van der Waals surface area (Å²) in [5.74, 6) is -1.24. The van der Waals surface area contributed by atoms with Crippen LogP contribution in [0.4, 0.5) is 0 Å². The van der Waals surface area contributed by atoms with Crippen LogP contribution in [0.25, 0.3) is 0 Å². The Morgan fingerprint density at radius 3 is 2.64 bits per heavy atom. The summed E-state index contributed by atoms with van der Waals surface area (Å²) >= 11 is 7.26. The molecule has 0 bridgehead atoms. The Balaban J connectivity index is 1.88. The van der Waals surface area contributed by atoms with E-state index >= 15 is 0 Å². The van der Waals surface area contributed by atoms with Gasteiger partial charge in [-0.3, -0.25) is 4.79 Å². The van der Waals surface area contributed by atoms with Gasteiger partial charge in [-0.25, -0.2) is 4.79 Å². The zero-order valence-electron chi connectivity index (χ0n) is 12.0.